The highest BCUT2D eigenvalue weighted by Crippen LogP contribution is 2.49. The molecule has 0 saturated heterocycles. The minimum atomic E-state index is 0. The van der Waals surface area contributed by atoms with Crippen molar-refractivity contribution in [1.29, 1.82) is 0 Å². The first-order valence-corrected chi connectivity index (χ1v) is 13.5. The second kappa shape index (κ2) is 11.4. The van der Waals surface area contributed by atoms with E-state index in [4.69, 9.17) is 19.7 Å². The Morgan fingerprint density at radius 3 is 1.35 bits per heavy atom. The van der Waals surface area contributed by atoms with Gasteiger partial charge in [0.1, 0.15) is 11.7 Å². The van der Waals surface area contributed by atoms with Crippen LogP contribution in [0.5, 0.6) is 0 Å². The second-order valence-corrected chi connectivity index (χ2v) is 10.9. The summed E-state index contributed by atoms with van der Waals surface area (Å²) in [4.78, 5) is 19.7. The van der Waals surface area contributed by atoms with Crippen molar-refractivity contribution >= 4 is 23.0 Å². The van der Waals surface area contributed by atoms with Crippen LogP contribution in [0.25, 0.3) is 0 Å². The lowest BCUT2D eigenvalue weighted by atomic mass is 9.69. The first-order valence-electron chi connectivity index (χ1n) is 13.5. The van der Waals surface area contributed by atoms with E-state index in [1.807, 2.05) is 0 Å². The molecular weight excluding hydrogens is 460 g/mol. The normalized spacial score (nSPS) is 20.1. The van der Waals surface area contributed by atoms with E-state index in [2.05, 4.69) is 61.2 Å². The van der Waals surface area contributed by atoms with E-state index in [9.17, 15) is 0 Å². The first kappa shape index (κ1) is 27.3. The van der Waals surface area contributed by atoms with Gasteiger partial charge in [-0.3, -0.25) is 20.6 Å². The third-order valence-electron chi connectivity index (χ3n) is 8.52. The predicted octanol–water partition coefficient (Wildman–Crippen LogP) is 7.42. The summed E-state index contributed by atoms with van der Waals surface area (Å²) in [6.45, 7) is 4.30. The van der Waals surface area contributed by atoms with Crippen molar-refractivity contribution in [1.82, 2.24) is 11.0 Å². The number of hydrogen-bond donors (Lipinski definition) is 2. The molecule has 6 heteroatoms. The molecule has 2 heterocycles. The van der Waals surface area contributed by atoms with E-state index < -0.39 is 0 Å². The van der Waals surface area contributed by atoms with Gasteiger partial charge in [0, 0.05) is 0 Å². The Labute approximate surface area is 222 Å². The molecule has 0 radical (unpaired) electrons. The van der Waals surface area contributed by atoms with Crippen molar-refractivity contribution < 1.29 is 9.68 Å². The fourth-order valence-corrected chi connectivity index (χ4v) is 6.73. The summed E-state index contributed by atoms with van der Waals surface area (Å²) in [5, 5.41) is 0. The topological polar surface area (TPSA) is 67.2 Å². The Bertz CT molecular complexity index is 1070. The molecule has 0 amide bonds. The maximum absolute atomic E-state index is 5.13. The SMILES string of the molecule is C.CONC1=Nc2ccc(C)cc2C12CCCCC2.CONC1=Nc2ccc(C)cc2C12CCCCC2. The Hall–Kier alpha value is -2.70. The van der Waals surface area contributed by atoms with E-state index in [1.54, 1.807) is 14.2 Å². The largest absolute Gasteiger partial charge is 0.278 e. The fourth-order valence-electron chi connectivity index (χ4n) is 6.73. The number of aliphatic imine (C=N–C) groups is 2. The molecule has 2 aliphatic carbocycles. The van der Waals surface area contributed by atoms with Gasteiger partial charge in [-0.2, -0.15) is 0 Å². The lowest BCUT2D eigenvalue weighted by Gasteiger charge is -2.35. The van der Waals surface area contributed by atoms with E-state index in [1.165, 1.54) is 86.5 Å². The number of nitrogens with zero attached hydrogens (tertiary/aromatic N) is 2. The smallest absolute Gasteiger partial charge is 0.137 e. The molecule has 6 nitrogen and oxygen atoms in total. The second-order valence-electron chi connectivity index (χ2n) is 10.9. The van der Waals surface area contributed by atoms with Gasteiger partial charge in [0.2, 0.25) is 0 Å². The Morgan fingerprint density at radius 2 is 1.00 bits per heavy atom. The van der Waals surface area contributed by atoms with Gasteiger partial charge in [-0.15, -0.1) is 0 Å². The summed E-state index contributed by atoms with van der Waals surface area (Å²) in [5.41, 5.74) is 13.8. The van der Waals surface area contributed by atoms with Crippen LogP contribution in [-0.2, 0) is 20.5 Å². The zero-order valence-electron chi connectivity index (χ0n) is 22.2. The molecule has 2 N–H and O–H groups in total. The summed E-state index contributed by atoms with van der Waals surface area (Å²) in [7, 11) is 3.32. The summed E-state index contributed by atoms with van der Waals surface area (Å²) < 4.78 is 0. The van der Waals surface area contributed by atoms with Crippen molar-refractivity contribution in [2.75, 3.05) is 14.2 Å². The molecule has 0 bridgehead atoms. The van der Waals surface area contributed by atoms with Gasteiger partial charge in [-0.1, -0.05) is 81.3 Å². The van der Waals surface area contributed by atoms with Crippen LogP contribution < -0.4 is 11.0 Å². The molecule has 2 spiro atoms. The van der Waals surface area contributed by atoms with Gasteiger partial charge in [-0.25, -0.2) is 9.98 Å². The third kappa shape index (κ3) is 4.94. The molecule has 37 heavy (non-hydrogen) atoms. The molecule has 0 unspecified atom stereocenters. The van der Waals surface area contributed by atoms with Gasteiger partial charge in [0.15, 0.2) is 0 Å². The zero-order chi connectivity index (χ0) is 25.2. The van der Waals surface area contributed by atoms with Gasteiger partial charge >= 0.3 is 0 Å². The number of fused-ring (bicyclic) bond motifs is 4. The van der Waals surface area contributed by atoms with Crippen molar-refractivity contribution in [3.05, 3.63) is 58.7 Å². The van der Waals surface area contributed by atoms with Crippen LogP contribution >= 0.6 is 0 Å². The molecule has 2 fully saturated rings. The number of amidine groups is 2. The fraction of sp³-hybridized carbons (Fsp3) is 0.548. The van der Waals surface area contributed by atoms with Crippen LogP contribution in [0.4, 0.5) is 11.4 Å². The van der Waals surface area contributed by atoms with Crippen LogP contribution in [0.15, 0.2) is 46.4 Å². The first-order chi connectivity index (χ1) is 17.5. The molecule has 2 aromatic carbocycles. The zero-order valence-corrected chi connectivity index (χ0v) is 22.2. The molecular formula is C31H44N4O2. The molecule has 0 aromatic heterocycles. The van der Waals surface area contributed by atoms with Crippen LogP contribution in [0.3, 0.4) is 0 Å². The van der Waals surface area contributed by atoms with Gasteiger partial charge in [0.25, 0.3) is 0 Å². The highest BCUT2D eigenvalue weighted by atomic mass is 16.6. The molecule has 2 aromatic rings. The van der Waals surface area contributed by atoms with Gasteiger partial charge in [0.05, 0.1) is 36.4 Å². The van der Waals surface area contributed by atoms with E-state index in [0.717, 1.165) is 23.0 Å². The van der Waals surface area contributed by atoms with Crippen molar-refractivity contribution in [2.45, 2.75) is 96.3 Å². The number of hydrogen-bond acceptors (Lipinski definition) is 6. The van der Waals surface area contributed by atoms with Crippen molar-refractivity contribution in [3.8, 4) is 0 Å². The van der Waals surface area contributed by atoms with E-state index >= 15 is 0 Å². The molecule has 0 atom stereocenters. The van der Waals surface area contributed by atoms with Crippen molar-refractivity contribution in [3.63, 3.8) is 0 Å². The maximum atomic E-state index is 5.13. The van der Waals surface area contributed by atoms with Crippen LogP contribution in [0.2, 0.25) is 0 Å². The minimum Gasteiger partial charge on any atom is -0.278 e. The molecule has 6 rings (SSSR count). The summed E-state index contributed by atoms with van der Waals surface area (Å²) in [6.07, 6.45) is 12.5. The number of benzene rings is 2. The highest BCUT2D eigenvalue weighted by molar-refractivity contribution is 6.00. The summed E-state index contributed by atoms with van der Waals surface area (Å²) >= 11 is 0. The van der Waals surface area contributed by atoms with Gasteiger partial charge in [-0.05, 0) is 62.8 Å². The lowest BCUT2D eigenvalue weighted by Crippen LogP contribution is -2.43. The Morgan fingerprint density at radius 1 is 0.622 bits per heavy atom. The minimum absolute atomic E-state index is 0. The molecule has 2 saturated carbocycles. The monoisotopic (exact) mass is 504 g/mol. The number of rotatable bonds is 2. The average molecular weight is 505 g/mol. The van der Waals surface area contributed by atoms with E-state index in [0.29, 0.717) is 0 Å². The highest BCUT2D eigenvalue weighted by Gasteiger charge is 2.45. The van der Waals surface area contributed by atoms with Crippen LogP contribution in [0, 0.1) is 13.8 Å². The standard InChI is InChI=1S/2C15H20N2O.CH4/c2*1-11-6-7-13-12(10-11)15(8-4-3-5-9-15)14(16-13)17-18-2;/h2*6-7,10H,3-5,8-9H2,1-2H3,(H,16,17);1H4. The number of hydroxylamine groups is 2. The quantitative estimate of drug-likeness (QED) is 0.418. The van der Waals surface area contributed by atoms with Gasteiger partial charge < -0.3 is 0 Å². The average Bonchev–Trinajstić information content (AvgIpc) is 3.33. The Balaban J connectivity index is 0.000000168. The number of aryl methyl sites for hydroxylation is 2. The Kier molecular flexibility index (Phi) is 8.39. The molecule has 2 aliphatic heterocycles. The third-order valence-corrected chi connectivity index (χ3v) is 8.52. The summed E-state index contributed by atoms with van der Waals surface area (Å²) in [6, 6.07) is 13.1. The maximum Gasteiger partial charge on any atom is 0.137 e. The molecule has 200 valence electrons. The predicted molar refractivity (Wildman–Crippen MR) is 153 cm³/mol. The van der Waals surface area contributed by atoms with Crippen LogP contribution in [0.1, 0.15) is 93.9 Å². The van der Waals surface area contributed by atoms with Crippen LogP contribution in [-0.4, -0.2) is 25.9 Å². The van der Waals surface area contributed by atoms with E-state index in [-0.39, 0.29) is 18.3 Å². The number of nitrogens with one attached hydrogen (secondary N) is 2. The lowest BCUT2D eigenvalue weighted by molar-refractivity contribution is 0.136. The van der Waals surface area contributed by atoms with Crippen molar-refractivity contribution in [2.24, 2.45) is 9.98 Å². The summed E-state index contributed by atoms with van der Waals surface area (Å²) in [5.74, 6) is 2.01. The molecule has 4 aliphatic rings.